The molecule has 1 amide bonds. The molecule has 21 heavy (non-hydrogen) atoms. The minimum atomic E-state index is -0.128. The van der Waals surface area contributed by atoms with Gasteiger partial charge in [-0.25, -0.2) is 0 Å². The van der Waals surface area contributed by atoms with Gasteiger partial charge in [-0.2, -0.15) is 0 Å². The van der Waals surface area contributed by atoms with Crippen molar-refractivity contribution in [1.29, 1.82) is 0 Å². The number of rotatable bonds is 4. The van der Waals surface area contributed by atoms with E-state index >= 15 is 0 Å². The van der Waals surface area contributed by atoms with Crippen LogP contribution < -0.4 is 10.1 Å². The van der Waals surface area contributed by atoms with Crippen LogP contribution in [0, 0.1) is 6.92 Å². The number of amides is 1. The number of aryl methyl sites for hydroxylation is 1. The molecule has 110 valence electrons. The molecule has 0 radical (unpaired) electrons. The zero-order valence-corrected chi connectivity index (χ0v) is 13.9. The van der Waals surface area contributed by atoms with Crippen molar-refractivity contribution in [2.75, 3.05) is 5.32 Å². The molecule has 0 heterocycles. The van der Waals surface area contributed by atoms with Gasteiger partial charge in [0, 0.05) is 15.7 Å². The summed E-state index contributed by atoms with van der Waals surface area (Å²) in [5, 5.41) is 2.91. The van der Waals surface area contributed by atoms with Crippen molar-refractivity contribution < 1.29 is 9.53 Å². The third-order valence-corrected chi connectivity index (χ3v) is 3.42. The summed E-state index contributed by atoms with van der Waals surface area (Å²) in [6, 6.07) is 12.9. The molecule has 0 unspecified atom stereocenters. The van der Waals surface area contributed by atoms with Crippen molar-refractivity contribution in [2.24, 2.45) is 0 Å². The summed E-state index contributed by atoms with van der Waals surface area (Å²) < 4.78 is 6.56. The van der Waals surface area contributed by atoms with Crippen molar-refractivity contribution in [3.8, 4) is 5.75 Å². The second kappa shape index (κ2) is 6.76. The fraction of sp³-hybridized carbons (Fsp3) is 0.235. The number of anilines is 1. The summed E-state index contributed by atoms with van der Waals surface area (Å²) in [6.07, 6.45) is 0.120. The van der Waals surface area contributed by atoms with Crippen LogP contribution in [0.4, 0.5) is 5.69 Å². The van der Waals surface area contributed by atoms with Crippen LogP contribution in [0.5, 0.6) is 5.75 Å². The summed E-state index contributed by atoms with van der Waals surface area (Å²) >= 11 is 3.41. The quantitative estimate of drug-likeness (QED) is 0.862. The number of halogens is 1. The number of carbonyl (C=O) groups is 1. The maximum atomic E-state index is 12.2. The Bertz CT molecular complexity index is 636. The van der Waals surface area contributed by atoms with Gasteiger partial charge in [0.25, 0.3) is 5.91 Å². The molecule has 2 aromatic rings. The first kappa shape index (κ1) is 15.6. The lowest BCUT2D eigenvalue weighted by Crippen LogP contribution is -2.13. The number of hydrogen-bond acceptors (Lipinski definition) is 2. The monoisotopic (exact) mass is 347 g/mol. The predicted molar refractivity (Wildman–Crippen MR) is 89.0 cm³/mol. The SMILES string of the molecule is Cc1cc(Br)ccc1NC(=O)c1ccc(OC(C)C)cc1. The maximum absolute atomic E-state index is 12.2. The summed E-state index contributed by atoms with van der Waals surface area (Å²) in [7, 11) is 0. The Morgan fingerprint density at radius 3 is 2.38 bits per heavy atom. The lowest BCUT2D eigenvalue weighted by molar-refractivity contribution is 0.102. The smallest absolute Gasteiger partial charge is 0.255 e. The highest BCUT2D eigenvalue weighted by Gasteiger charge is 2.08. The Balaban J connectivity index is 2.09. The Morgan fingerprint density at radius 2 is 1.81 bits per heavy atom. The molecule has 2 rings (SSSR count). The van der Waals surface area contributed by atoms with Crippen LogP contribution in [0.3, 0.4) is 0 Å². The minimum Gasteiger partial charge on any atom is -0.491 e. The highest BCUT2D eigenvalue weighted by Crippen LogP contribution is 2.21. The molecule has 2 aromatic carbocycles. The molecule has 0 aliphatic carbocycles. The minimum absolute atomic E-state index is 0.120. The number of benzene rings is 2. The average Bonchev–Trinajstić information content (AvgIpc) is 2.42. The van der Waals surface area contributed by atoms with Gasteiger partial charge in [-0.15, -0.1) is 0 Å². The second-order valence-electron chi connectivity index (χ2n) is 5.10. The van der Waals surface area contributed by atoms with Gasteiger partial charge in [0.1, 0.15) is 5.75 Å². The number of hydrogen-bond donors (Lipinski definition) is 1. The topological polar surface area (TPSA) is 38.3 Å². The largest absolute Gasteiger partial charge is 0.491 e. The maximum Gasteiger partial charge on any atom is 0.255 e. The van der Waals surface area contributed by atoms with E-state index in [1.54, 1.807) is 12.1 Å². The normalized spacial score (nSPS) is 10.5. The van der Waals surface area contributed by atoms with E-state index in [0.29, 0.717) is 5.56 Å². The molecule has 3 nitrogen and oxygen atoms in total. The van der Waals surface area contributed by atoms with Crippen LogP contribution in [0.15, 0.2) is 46.9 Å². The zero-order valence-electron chi connectivity index (χ0n) is 12.3. The lowest BCUT2D eigenvalue weighted by Gasteiger charge is -2.11. The Kier molecular flexibility index (Phi) is 5.02. The van der Waals surface area contributed by atoms with E-state index < -0.39 is 0 Å². The molecule has 0 bridgehead atoms. The van der Waals surface area contributed by atoms with Crippen molar-refractivity contribution in [3.63, 3.8) is 0 Å². The van der Waals surface area contributed by atoms with Gasteiger partial charge < -0.3 is 10.1 Å². The molecular weight excluding hydrogens is 330 g/mol. The summed E-state index contributed by atoms with van der Waals surface area (Å²) in [4.78, 5) is 12.2. The second-order valence-corrected chi connectivity index (χ2v) is 6.02. The third kappa shape index (κ3) is 4.33. The van der Waals surface area contributed by atoms with Crippen molar-refractivity contribution >= 4 is 27.5 Å². The summed E-state index contributed by atoms with van der Waals surface area (Å²) in [6.45, 7) is 5.90. The van der Waals surface area contributed by atoms with Gasteiger partial charge in [0.15, 0.2) is 0 Å². The third-order valence-electron chi connectivity index (χ3n) is 2.92. The fourth-order valence-corrected chi connectivity index (χ4v) is 2.39. The van der Waals surface area contributed by atoms with E-state index in [0.717, 1.165) is 21.5 Å². The van der Waals surface area contributed by atoms with Gasteiger partial charge in [-0.1, -0.05) is 15.9 Å². The van der Waals surface area contributed by atoms with E-state index in [9.17, 15) is 4.79 Å². The van der Waals surface area contributed by atoms with Crippen molar-refractivity contribution in [3.05, 3.63) is 58.1 Å². The van der Waals surface area contributed by atoms with Crippen LogP contribution in [-0.4, -0.2) is 12.0 Å². The number of ether oxygens (including phenoxy) is 1. The van der Waals surface area contributed by atoms with Gasteiger partial charge in [-0.05, 0) is 68.8 Å². The van der Waals surface area contributed by atoms with E-state index in [1.807, 2.05) is 51.1 Å². The Labute approximate surface area is 133 Å². The Hall–Kier alpha value is -1.81. The highest BCUT2D eigenvalue weighted by molar-refractivity contribution is 9.10. The molecule has 0 aliphatic rings. The number of nitrogens with one attached hydrogen (secondary N) is 1. The van der Waals surface area contributed by atoms with Gasteiger partial charge in [0.05, 0.1) is 6.10 Å². The molecule has 0 saturated carbocycles. The summed E-state index contributed by atoms with van der Waals surface area (Å²) in [5.74, 6) is 0.637. The van der Waals surface area contributed by atoms with E-state index in [4.69, 9.17) is 4.74 Å². The molecule has 0 saturated heterocycles. The van der Waals surface area contributed by atoms with Crippen LogP contribution in [0.1, 0.15) is 29.8 Å². The predicted octanol–water partition coefficient (Wildman–Crippen LogP) is 4.80. The first-order chi connectivity index (χ1) is 9.95. The number of carbonyl (C=O) groups excluding carboxylic acids is 1. The standard InChI is InChI=1S/C17H18BrNO2/c1-11(2)21-15-7-4-13(5-8-15)17(20)19-16-9-6-14(18)10-12(16)3/h4-11H,1-3H3,(H,19,20). The van der Waals surface area contributed by atoms with Crippen molar-refractivity contribution in [2.45, 2.75) is 26.9 Å². The molecule has 0 fully saturated rings. The molecule has 0 aromatic heterocycles. The molecule has 0 atom stereocenters. The zero-order chi connectivity index (χ0) is 15.4. The lowest BCUT2D eigenvalue weighted by atomic mass is 10.1. The van der Waals surface area contributed by atoms with Gasteiger partial charge >= 0.3 is 0 Å². The van der Waals surface area contributed by atoms with Crippen LogP contribution in [0.25, 0.3) is 0 Å². The Morgan fingerprint density at radius 1 is 1.14 bits per heavy atom. The molecule has 0 aliphatic heterocycles. The molecule has 4 heteroatoms. The molecule has 0 spiro atoms. The first-order valence-corrected chi connectivity index (χ1v) is 7.59. The van der Waals surface area contributed by atoms with Crippen LogP contribution in [0.2, 0.25) is 0 Å². The van der Waals surface area contributed by atoms with E-state index in [-0.39, 0.29) is 12.0 Å². The van der Waals surface area contributed by atoms with Crippen LogP contribution >= 0.6 is 15.9 Å². The first-order valence-electron chi connectivity index (χ1n) is 6.80. The van der Waals surface area contributed by atoms with E-state index in [2.05, 4.69) is 21.2 Å². The van der Waals surface area contributed by atoms with Gasteiger partial charge in [-0.3, -0.25) is 4.79 Å². The molecule has 1 N–H and O–H groups in total. The van der Waals surface area contributed by atoms with E-state index in [1.165, 1.54) is 0 Å². The summed E-state index contributed by atoms with van der Waals surface area (Å²) in [5.41, 5.74) is 2.43. The van der Waals surface area contributed by atoms with Gasteiger partial charge in [0.2, 0.25) is 0 Å². The average molecular weight is 348 g/mol. The van der Waals surface area contributed by atoms with Crippen molar-refractivity contribution in [1.82, 2.24) is 0 Å². The highest BCUT2D eigenvalue weighted by atomic mass is 79.9. The van der Waals surface area contributed by atoms with Crippen LogP contribution in [-0.2, 0) is 0 Å². The fourth-order valence-electron chi connectivity index (χ4n) is 1.92. The molecular formula is C17H18BrNO2.